The van der Waals surface area contributed by atoms with E-state index in [2.05, 4.69) is 25.6 Å². The van der Waals surface area contributed by atoms with Crippen molar-refractivity contribution in [2.24, 2.45) is 0 Å². The lowest BCUT2D eigenvalue weighted by Gasteiger charge is -2.26. The molecule has 9 nitrogen and oxygen atoms in total. The second-order valence-corrected chi connectivity index (χ2v) is 7.76. The highest BCUT2D eigenvalue weighted by Gasteiger charge is 2.37. The van der Waals surface area contributed by atoms with Gasteiger partial charge < -0.3 is 10.1 Å². The molecule has 0 saturated carbocycles. The van der Waals surface area contributed by atoms with Crippen molar-refractivity contribution in [2.45, 2.75) is 26.3 Å². The first-order chi connectivity index (χ1) is 16.7. The minimum absolute atomic E-state index is 0.106. The topological polar surface area (TPSA) is 97.8 Å². The van der Waals surface area contributed by atoms with Crippen LogP contribution in [0.15, 0.2) is 42.6 Å². The van der Waals surface area contributed by atoms with E-state index < -0.39 is 23.5 Å². The molecule has 184 valence electrons. The number of hydrogen-bond acceptors (Lipinski definition) is 8. The van der Waals surface area contributed by atoms with Crippen molar-refractivity contribution in [3.63, 3.8) is 0 Å². The molecule has 1 aliphatic rings. The van der Waals surface area contributed by atoms with Gasteiger partial charge >= 0.3 is 6.18 Å². The molecule has 0 atom stereocenters. The predicted octanol–water partition coefficient (Wildman–Crippen LogP) is 4.51. The number of nitrogens with zero attached hydrogens (tertiary/aromatic N) is 3. The van der Waals surface area contributed by atoms with E-state index in [0.29, 0.717) is 35.1 Å². The van der Waals surface area contributed by atoms with Crippen molar-refractivity contribution in [3.05, 3.63) is 70.4 Å². The molecule has 0 radical (unpaired) electrons. The maximum Gasteiger partial charge on any atom is 0.423 e. The van der Waals surface area contributed by atoms with Gasteiger partial charge in [0.1, 0.15) is 11.3 Å². The minimum Gasteiger partial charge on any atom is -0.438 e. The second kappa shape index (κ2) is 9.86. The van der Waals surface area contributed by atoms with Crippen molar-refractivity contribution < 1.29 is 32.4 Å². The van der Waals surface area contributed by atoms with Crippen LogP contribution in [0, 0.1) is 6.92 Å². The first-order valence-electron chi connectivity index (χ1n) is 10.4. The molecule has 4 rings (SSSR count). The van der Waals surface area contributed by atoms with Crippen LogP contribution in [-0.4, -0.2) is 35.1 Å². The fourth-order valence-corrected chi connectivity index (χ4v) is 3.50. The summed E-state index contributed by atoms with van der Waals surface area (Å²) in [5.41, 5.74) is 4.10. The van der Waals surface area contributed by atoms with Gasteiger partial charge in [-0.2, -0.15) is 23.2 Å². The molecule has 0 spiro atoms. The molecular formula is C23H22F3N5O4. The van der Waals surface area contributed by atoms with Crippen LogP contribution in [0.25, 0.3) is 0 Å². The van der Waals surface area contributed by atoms with Gasteiger partial charge in [-0.05, 0) is 42.3 Å². The number of alkyl halides is 3. The maximum atomic E-state index is 13.7. The largest absolute Gasteiger partial charge is 0.438 e. The van der Waals surface area contributed by atoms with Gasteiger partial charge in [-0.3, -0.25) is 14.5 Å². The monoisotopic (exact) mass is 489 g/mol. The summed E-state index contributed by atoms with van der Waals surface area (Å²) in [5, 5.41) is 4.51. The summed E-state index contributed by atoms with van der Waals surface area (Å²) in [6, 6.07) is 9.83. The Morgan fingerprint density at radius 3 is 2.74 bits per heavy atom. The van der Waals surface area contributed by atoms with E-state index in [-0.39, 0.29) is 18.3 Å². The van der Waals surface area contributed by atoms with Crippen LogP contribution in [0.3, 0.4) is 0 Å². The standard InChI is InChI=1S/C23H22F3N5O4/c1-13-9-14(20(32)30-33-3)7-8-18(13)28-22-27-10-17(23(24,25)26)21(29-22)35-19-6-4-5-15-11-31(2)34-12-16(15)19/h4-10H,11-12H2,1-3H3,(H,30,32)(H,27,28,29). The van der Waals surface area contributed by atoms with Gasteiger partial charge in [-0.15, -0.1) is 0 Å². The molecule has 0 fully saturated rings. The summed E-state index contributed by atoms with van der Waals surface area (Å²) in [5.74, 6) is -0.970. The SMILES string of the molecule is CONC(=O)c1ccc(Nc2ncc(C(F)(F)F)c(Oc3cccc4c3CON(C)C4)n2)c(C)c1. The number of benzene rings is 2. The van der Waals surface area contributed by atoms with Crippen LogP contribution < -0.4 is 15.5 Å². The maximum absolute atomic E-state index is 13.7. The Hall–Kier alpha value is -3.74. The van der Waals surface area contributed by atoms with Crippen molar-refractivity contribution >= 4 is 17.5 Å². The van der Waals surface area contributed by atoms with Crippen LogP contribution in [0.5, 0.6) is 11.6 Å². The Morgan fingerprint density at radius 2 is 2.03 bits per heavy atom. The number of aromatic nitrogens is 2. The van der Waals surface area contributed by atoms with Crippen LogP contribution in [0.1, 0.15) is 32.6 Å². The van der Waals surface area contributed by atoms with Gasteiger partial charge in [0, 0.05) is 36.6 Å². The normalized spacial score (nSPS) is 13.8. The van der Waals surface area contributed by atoms with Crippen molar-refractivity contribution in [1.82, 2.24) is 20.5 Å². The lowest BCUT2D eigenvalue weighted by Crippen LogP contribution is -2.24. The molecule has 2 heterocycles. The summed E-state index contributed by atoms with van der Waals surface area (Å²) in [4.78, 5) is 29.8. The number of amides is 1. The highest BCUT2D eigenvalue weighted by Crippen LogP contribution is 2.39. The molecule has 0 unspecified atom stereocenters. The predicted molar refractivity (Wildman–Crippen MR) is 119 cm³/mol. The number of rotatable bonds is 6. The summed E-state index contributed by atoms with van der Waals surface area (Å²) in [6.45, 7) is 2.34. The zero-order valence-corrected chi connectivity index (χ0v) is 19.1. The summed E-state index contributed by atoms with van der Waals surface area (Å²) < 4.78 is 46.7. The highest BCUT2D eigenvalue weighted by molar-refractivity contribution is 5.94. The average Bonchev–Trinajstić information content (AvgIpc) is 2.80. The molecule has 2 N–H and O–H groups in total. The number of carbonyl (C=O) groups is 1. The number of anilines is 2. The van der Waals surface area contributed by atoms with Crippen LogP contribution in [0.4, 0.5) is 24.8 Å². The van der Waals surface area contributed by atoms with Crippen LogP contribution in [-0.2, 0) is 29.0 Å². The van der Waals surface area contributed by atoms with E-state index in [1.165, 1.54) is 13.2 Å². The molecular weight excluding hydrogens is 467 g/mol. The van der Waals surface area contributed by atoms with E-state index in [1.54, 1.807) is 43.3 Å². The molecule has 3 aromatic rings. The highest BCUT2D eigenvalue weighted by atomic mass is 19.4. The fourth-order valence-electron chi connectivity index (χ4n) is 3.50. The van der Waals surface area contributed by atoms with Gasteiger partial charge in [0.15, 0.2) is 0 Å². The fraction of sp³-hybridized carbons (Fsp3) is 0.261. The van der Waals surface area contributed by atoms with Gasteiger partial charge in [0.25, 0.3) is 5.91 Å². The van der Waals surface area contributed by atoms with Crippen LogP contribution in [0.2, 0.25) is 0 Å². The van der Waals surface area contributed by atoms with Gasteiger partial charge in [0.05, 0.1) is 13.7 Å². The number of halogens is 3. The first kappa shape index (κ1) is 24.4. The van der Waals surface area contributed by atoms with Gasteiger partial charge in [-0.25, -0.2) is 10.5 Å². The molecule has 0 aliphatic carbocycles. The Bertz CT molecular complexity index is 1250. The Kier molecular flexibility index (Phi) is 6.87. The molecule has 12 heteroatoms. The molecule has 0 bridgehead atoms. The summed E-state index contributed by atoms with van der Waals surface area (Å²) in [7, 11) is 3.08. The second-order valence-electron chi connectivity index (χ2n) is 7.76. The third kappa shape index (κ3) is 5.50. The van der Waals surface area contributed by atoms with Gasteiger partial charge in [-0.1, -0.05) is 12.1 Å². The number of hydrogen-bond donors (Lipinski definition) is 2. The molecule has 1 aliphatic heterocycles. The quantitative estimate of drug-likeness (QED) is 0.489. The lowest BCUT2D eigenvalue weighted by atomic mass is 10.1. The third-order valence-electron chi connectivity index (χ3n) is 5.25. The van der Waals surface area contributed by atoms with E-state index in [0.717, 1.165) is 5.56 Å². The number of aryl methyl sites for hydroxylation is 1. The van der Waals surface area contributed by atoms with Crippen molar-refractivity contribution in [1.29, 1.82) is 0 Å². The zero-order chi connectivity index (χ0) is 25.2. The average molecular weight is 489 g/mol. The van der Waals surface area contributed by atoms with Crippen LogP contribution >= 0.6 is 0 Å². The molecule has 35 heavy (non-hydrogen) atoms. The summed E-state index contributed by atoms with van der Waals surface area (Å²) in [6.07, 6.45) is -4.06. The molecule has 0 saturated heterocycles. The number of fused-ring (bicyclic) bond motifs is 1. The Balaban J connectivity index is 1.65. The third-order valence-corrected chi connectivity index (χ3v) is 5.25. The van der Waals surface area contributed by atoms with E-state index >= 15 is 0 Å². The van der Waals surface area contributed by atoms with E-state index in [9.17, 15) is 18.0 Å². The van der Waals surface area contributed by atoms with E-state index in [4.69, 9.17) is 9.57 Å². The summed E-state index contributed by atoms with van der Waals surface area (Å²) >= 11 is 0. The number of ether oxygens (including phenoxy) is 1. The van der Waals surface area contributed by atoms with Crippen molar-refractivity contribution in [2.75, 3.05) is 19.5 Å². The number of nitrogens with one attached hydrogen (secondary N) is 2. The first-order valence-corrected chi connectivity index (χ1v) is 10.4. The lowest BCUT2D eigenvalue weighted by molar-refractivity contribution is -0.168. The van der Waals surface area contributed by atoms with Crippen molar-refractivity contribution in [3.8, 4) is 11.6 Å². The number of carbonyl (C=O) groups excluding carboxylic acids is 1. The Morgan fingerprint density at radius 1 is 1.23 bits per heavy atom. The number of hydroxylamine groups is 3. The van der Waals surface area contributed by atoms with E-state index in [1.807, 2.05) is 6.07 Å². The molecule has 2 aromatic carbocycles. The zero-order valence-electron chi connectivity index (χ0n) is 19.1. The van der Waals surface area contributed by atoms with Gasteiger partial charge in [0.2, 0.25) is 11.8 Å². The molecule has 1 amide bonds. The minimum atomic E-state index is -4.73. The molecule has 1 aromatic heterocycles. The smallest absolute Gasteiger partial charge is 0.423 e. The Labute approximate surface area is 198 Å².